The van der Waals surface area contributed by atoms with E-state index in [1.54, 1.807) is 17.8 Å². The van der Waals surface area contributed by atoms with Crippen LogP contribution in [0.25, 0.3) is 16.5 Å². The van der Waals surface area contributed by atoms with Crippen molar-refractivity contribution in [3.63, 3.8) is 0 Å². The van der Waals surface area contributed by atoms with Crippen molar-refractivity contribution in [1.29, 1.82) is 0 Å². The molecule has 3 heterocycles. The highest BCUT2D eigenvalue weighted by atomic mass is 32.2. The van der Waals surface area contributed by atoms with Gasteiger partial charge in [-0.15, -0.1) is 0 Å². The Balaban J connectivity index is 1.91. The quantitative estimate of drug-likeness (QED) is 0.693. The van der Waals surface area contributed by atoms with Gasteiger partial charge in [-0.25, -0.2) is 12.4 Å². The summed E-state index contributed by atoms with van der Waals surface area (Å²) in [7, 11) is -1.63. The second-order valence-corrected chi connectivity index (χ2v) is 8.80. The van der Waals surface area contributed by atoms with Gasteiger partial charge in [-0.05, 0) is 39.0 Å². The van der Waals surface area contributed by atoms with Gasteiger partial charge in [-0.2, -0.15) is 5.10 Å². The van der Waals surface area contributed by atoms with Crippen molar-refractivity contribution in [3.05, 3.63) is 54.0 Å². The van der Waals surface area contributed by atoms with Crippen LogP contribution in [0, 0.1) is 6.92 Å². The minimum absolute atomic E-state index is 0.258. The van der Waals surface area contributed by atoms with Crippen LogP contribution in [0.1, 0.15) is 24.6 Å². The molecule has 0 atom stereocenters. The van der Waals surface area contributed by atoms with Crippen LogP contribution in [-0.2, 0) is 16.6 Å². The van der Waals surface area contributed by atoms with Gasteiger partial charge in [0.25, 0.3) is 10.0 Å². The summed E-state index contributed by atoms with van der Waals surface area (Å²) in [6.45, 7) is 6.24. The van der Waals surface area contributed by atoms with Gasteiger partial charge in [0.05, 0.1) is 17.4 Å². The Morgan fingerprint density at radius 3 is 2.67 bits per heavy atom. The fourth-order valence-corrected chi connectivity index (χ4v) is 5.26. The molecule has 142 valence electrons. The zero-order valence-corrected chi connectivity index (χ0v) is 16.7. The van der Waals surface area contributed by atoms with E-state index in [2.05, 4.69) is 23.1 Å². The minimum Gasteiger partial charge on any atom is -0.302 e. The zero-order valence-electron chi connectivity index (χ0n) is 15.9. The number of hydrogen-bond donors (Lipinski definition) is 0. The number of nitrogens with zero attached hydrogens (tertiary/aromatic N) is 4. The van der Waals surface area contributed by atoms with E-state index in [-0.39, 0.29) is 4.90 Å². The molecule has 27 heavy (non-hydrogen) atoms. The van der Waals surface area contributed by atoms with Gasteiger partial charge >= 0.3 is 0 Å². The maximum atomic E-state index is 13.4. The molecule has 0 radical (unpaired) electrons. The number of rotatable bonds is 4. The summed E-state index contributed by atoms with van der Waals surface area (Å²) in [5, 5.41) is 5.19. The van der Waals surface area contributed by atoms with Gasteiger partial charge in [0, 0.05) is 36.8 Å². The van der Waals surface area contributed by atoms with Crippen LogP contribution in [0.2, 0.25) is 0 Å². The van der Waals surface area contributed by atoms with Crippen molar-refractivity contribution in [1.82, 2.24) is 18.7 Å². The summed E-state index contributed by atoms with van der Waals surface area (Å²) in [5.41, 5.74) is 3.58. The SMILES string of the molecule is CCn1ncc(S(=O)(=O)n2cc(C3=CCN(C)CC3)c3ccccc32)c1C. The number of para-hydroxylation sites is 1. The molecule has 1 aliphatic heterocycles. The molecule has 3 aromatic rings. The number of hydrogen-bond acceptors (Lipinski definition) is 4. The molecule has 4 rings (SSSR count). The van der Waals surface area contributed by atoms with E-state index in [1.165, 1.54) is 15.7 Å². The molecule has 1 aliphatic rings. The third-order valence-electron chi connectivity index (χ3n) is 5.33. The lowest BCUT2D eigenvalue weighted by Crippen LogP contribution is -2.23. The Bertz CT molecular complexity index is 1140. The summed E-state index contributed by atoms with van der Waals surface area (Å²) in [6, 6.07) is 7.70. The van der Waals surface area contributed by atoms with E-state index in [1.807, 2.05) is 31.2 Å². The summed E-state index contributed by atoms with van der Waals surface area (Å²) in [4.78, 5) is 2.51. The Labute approximate surface area is 159 Å². The fourth-order valence-electron chi connectivity index (χ4n) is 3.73. The first kappa shape index (κ1) is 18.0. The van der Waals surface area contributed by atoms with E-state index in [9.17, 15) is 8.42 Å². The molecule has 1 aromatic carbocycles. The molecule has 0 aliphatic carbocycles. The molecule has 7 heteroatoms. The number of fused-ring (bicyclic) bond motifs is 1. The number of benzene rings is 1. The molecular formula is C20H24N4O2S. The molecule has 2 aromatic heterocycles. The first-order valence-corrected chi connectivity index (χ1v) is 10.6. The normalized spacial score (nSPS) is 16.0. The lowest BCUT2D eigenvalue weighted by Gasteiger charge is -2.21. The lowest BCUT2D eigenvalue weighted by atomic mass is 9.99. The predicted molar refractivity (Wildman–Crippen MR) is 107 cm³/mol. The van der Waals surface area contributed by atoms with Crippen LogP contribution in [0.3, 0.4) is 0 Å². The molecule has 0 N–H and O–H groups in total. The molecule has 0 spiro atoms. The van der Waals surface area contributed by atoms with Gasteiger partial charge in [0.1, 0.15) is 4.90 Å². The highest BCUT2D eigenvalue weighted by molar-refractivity contribution is 7.90. The molecule has 0 unspecified atom stereocenters. The third kappa shape index (κ3) is 2.91. The molecule has 0 bridgehead atoms. The highest BCUT2D eigenvalue weighted by Gasteiger charge is 2.26. The van der Waals surface area contributed by atoms with Crippen LogP contribution in [0.4, 0.5) is 0 Å². The fraction of sp³-hybridized carbons (Fsp3) is 0.350. The van der Waals surface area contributed by atoms with Crippen molar-refractivity contribution in [3.8, 4) is 0 Å². The van der Waals surface area contributed by atoms with Crippen molar-refractivity contribution < 1.29 is 8.42 Å². The molecule has 0 saturated carbocycles. The van der Waals surface area contributed by atoms with Gasteiger partial charge < -0.3 is 4.90 Å². The molecule has 0 saturated heterocycles. The van der Waals surface area contributed by atoms with Crippen LogP contribution in [0.15, 0.2) is 47.6 Å². The average Bonchev–Trinajstić information content (AvgIpc) is 3.24. The lowest BCUT2D eigenvalue weighted by molar-refractivity contribution is 0.370. The van der Waals surface area contributed by atoms with E-state index in [0.717, 1.165) is 30.5 Å². The maximum absolute atomic E-state index is 13.4. The van der Waals surface area contributed by atoms with Crippen molar-refractivity contribution in [2.24, 2.45) is 0 Å². The second kappa shape index (κ2) is 6.65. The van der Waals surface area contributed by atoms with E-state index in [4.69, 9.17) is 0 Å². The molecular weight excluding hydrogens is 360 g/mol. The Morgan fingerprint density at radius 2 is 2.00 bits per heavy atom. The van der Waals surface area contributed by atoms with E-state index >= 15 is 0 Å². The summed E-state index contributed by atoms with van der Waals surface area (Å²) >= 11 is 0. The summed E-state index contributed by atoms with van der Waals surface area (Å²) < 4.78 is 30.0. The standard InChI is InChI=1S/C20H24N4O2S/c1-4-23-15(2)20(13-21-23)27(25,26)24-14-18(16-9-11-22(3)12-10-16)17-7-5-6-8-19(17)24/h5-9,13-14H,4,10-12H2,1-3H3. The van der Waals surface area contributed by atoms with Crippen molar-refractivity contribution in [2.45, 2.75) is 31.7 Å². The molecule has 0 amide bonds. The maximum Gasteiger partial charge on any atom is 0.271 e. The van der Waals surface area contributed by atoms with Crippen LogP contribution in [0.5, 0.6) is 0 Å². The van der Waals surface area contributed by atoms with Crippen molar-refractivity contribution in [2.75, 3.05) is 20.1 Å². The highest BCUT2D eigenvalue weighted by Crippen LogP contribution is 2.33. The summed E-state index contributed by atoms with van der Waals surface area (Å²) in [6.07, 6.45) is 6.34. The monoisotopic (exact) mass is 384 g/mol. The van der Waals surface area contributed by atoms with Gasteiger partial charge in [0.2, 0.25) is 0 Å². The van der Waals surface area contributed by atoms with Crippen LogP contribution in [-0.4, -0.2) is 47.2 Å². The first-order valence-electron chi connectivity index (χ1n) is 9.19. The van der Waals surface area contributed by atoms with Gasteiger partial charge in [-0.1, -0.05) is 24.3 Å². The first-order chi connectivity index (χ1) is 12.9. The number of aryl methyl sites for hydroxylation is 1. The van der Waals surface area contributed by atoms with Gasteiger partial charge in [0.15, 0.2) is 0 Å². The number of aromatic nitrogens is 3. The topological polar surface area (TPSA) is 60.1 Å². The zero-order chi connectivity index (χ0) is 19.2. The predicted octanol–water partition coefficient (Wildman–Crippen LogP) is 3.12. The third-order valence-corrected chi connectivity index (χ3v) is 7.11. The summed E-state index contributed by atoms with van der Waals surface area (Å²) in [5.74, 6) is 0. The van der Waals surface area contributed by atoms with Crippen LogP contribution >= 0.6 is 0 Å². The van der Waals surface area contributed by atoms with E-state index < -0.39 is 10.0 Å². The Kier molecular flexibility index (Phi) is 4.44. The number of likely N-dealkylation sites (N-methyl/N-ethyl adjacent to an activating group) is 1. The average molecular weight is 385 g/mol. The second-order valence-electron chi connectivity index (χ2n) is 7.01. The Hall–Kier alpha value is -2.38. The van der Waals surface area contributed by atoms with Crippen LogP contribution < -0.4 is 0 Å². The van der Waals surface area contributed by atoms with Crippen molar-refractivity contribution >= 4 is 26.5 Å². The Morgan fingerprint density at radius 1 is 1.22 bits per heavy atom. The van der Waals surface area contributed by atoms with Gasteiger partial charge in [-0.3, -0.25) is 4.68 Å². The largest absolute Gasteiger partial charge is 0.302 e. The minimum atomic E-state index is -3.72. The smallest absolute Gasteiger partial charge is 0.271 e. The van der Waals surface area contributed by atoms with E-state index in [0.29, 0.717) is 17.8 Å². The molecule has 6 nitrogen and oxygen atoms in total. The molecule has 0 fully saturated rings.